The van der Waals surface area contributed by atoms with Crippen LogP contribution in [-0.2, 0) is 0 Å². The highest BCUT2D eigenvalue weighted by Gasteiger charge is 2.23. The van der Waals surface area contributed by atoms with Gasteiger partial charge in [-0.3, -0.25) is 0 Å². The first-order valence-corrected chi connectivity index (χ1v) is 7.09. The molecule has 1 unspecified atom stereocenters. The smallest absolute Gasteiger partial charge is 0.143 e. The second-order valence-corrected chi connectivity index (χ2v) is 5.63. The number of halogens is 3. The van der Waals surface area contributed by atoms with E-state index in [9.17, 15) is 13.9 Å². The van der Waals surface area contributed by atoms with E-state index in [2.05, 4.69) is 15.9 Å². The van der Waals surface area contributed by atoms with Crippen molar-refractivity contribution < 1.29 is 18.3 Å². The third kappa shape index (κ3) is 2.36. The first-order valence-electron chi connectivity index (χ1n) is 6.29. The highest BCUT2D eigenvalue weighted by Crippen LogP contribution is 2.35. The molecule has 0 spiro atoms. The minimum absolute atomic E-state index is 0.104. The molecule has 1 atom stereocenters. The van der Waals surface area contributed by atoms with Crippen LogP contribution in [0.1, 0.15) is 23.0 Å². The van der Waals surface area contributed by atoms with Crippen LogP contribution in [0.3, 0.4) is 0 Å². The van der Waals surface area contributed by atoms with E-state index in [0.717, 1.165) is 0 Å². The van der Waals surface area contributed by atoms with E-state index >= 15 is 0 Å². The first kappa shape index (κ1) is 14.2. The van der Waals surface area contributed by atoms with Crippen molar-refractivity contribution in [3.8, 4) is 0 Å². The molecule has 2 nitrogen and oxygen atoms in total. The fraction of sp³-hybridized carbons (Fsp3) is 0.125. The Morgan fingerprint density at radius 2 is 1.95 bits per heavy atom. The predicted octanol–water partition coefficient (Wildman–Crippen LogP) is 4.86. The van der Waals surface area contributed by atoms with Gasteiger partial charge in [0, 0.05) is 16.5 Å². The summed E-state index contributed by atoms with van der Waals surface area (Å²) < 4.78 is 33.2. The standard InChI is InChI=1S/C16H11BrF2O2/c1-8-11-7-9(18)5-6-13(11)21-16(8)15(20)10-3-2-4-12(17)14(10)19/h2-7,15,20H,1H3. The largest absolute Gasteiger partial charge is 0.458 e. The summed E-state index contributed by atoms with van der Waals surface area (Å²) in [6.45, 7) is 1.71. The SMILES string of the molecule is Cc1c(C(O)c2cccc(Br)c2F)oc2ccc(F)cc12. The number of rotatable bonds is 2. The number of aryl methyl sites for hydroxylation is 1. The fourth-order valence-corrected chi connectivity index (χ4v) is 2.73. The Labute approximate surface area is 128 Å². The molecule has 0 aliphatic carbocycles. The van der Waals surface area contributed by atoms with Crippen LogP contribution >= 0.6 is 15.9 Å². The van der Waals surface area contributed by atoms with Crippen molar-refractivity contribution in [3.63, 3.8) is 0 Å². The second kappa shape index (κ2) is 5.24. The van der Waals surface area contributed by atoms with E-state index in [4.69, 9.17) is 4.42 Å². The van der Waals surface area contributed by atoms with Crippen molar-refractivity contribution in [3.05, 3.63) is 69.4 Å². The minimum atomic E-state index is -1.25. The number of aliphatic hydroxyl groups excluding tert-OH is 1. The maximum atomic E-state index is 14.1. The molecular formula is C16H11BrF2O2. The molecule has 1 aromatic heterocycles. The minimum Gasteiger partial charge on any atom is -0.458 e. The zero-order valence-corrected chi connectivity index (χ0v) is 12.6. The van der Waals surface area contributed by atoms with Crippen LogP contribution in [0, 0.1) is 18.6 Å². The molecule has 0 aliphatic heterocycles. The van der Waals surface area contributed by atoms with Gasteiger partial charge in [-0.2, -0.15) is 0 Å². The lowest BCUT2D eigenvalue weighted by Gasteiger charge is -2.11. The Hall–Kier alpha value is -1.72. The molecule has 3 rings (SSSR count). The molecule has 0 aliphatic rings. The van der Waals surface area contributed by atoms with Gasteiger partial charge in [-0.15, -0.1) is 0 Å². The third-order valence-electron chi connectivity index (χ3n) is 3.46. The lowest BCUT2D eigenvalue weighted by molar-refractivity contribution is 0.186. The lowest BCUT2D eigenvalue weighted by atomic mass is 10.0. The van der Waals surface area contributed by atoms with Crippen molar-refractivity contribution in [2.75, 3.05) is 0 Å². The number of aliphatic hydroxyl groups is 1. The van der Waals surface area contributed by atoms with E-state index in [-0.39, 0.29) is 21.6 Å². The Balaban J connectivity index is 2.15. The van der Waals surface area contributed by atoms with Gasteiger partial charge in [0.05, 0.1) is 4.47 Å². The van der Waals surface area contributed by atoms with Crippen molar-refractivity contribution in [1.29, 1.82) is 0 Å². The van der Waals surface area contributed by atoms with Gasteiger partial charge in [0.1, 0.15) is 29.1 Å². The normalized spacial score (nSPS) is 12.8. The number of hydrogen-bond acceptors (Lipinski definition) is 2. The maximum absolute atomic E-state index is 14.1. The summed E-state index contributed by atoms with van der Waals surface area (Å²) in [6, 6.07) is 8.77. The van der Waals surface area contributed by atoms with Gasteiger partial charge in [0.25, 0.3) is 0 Å². The van der Waals surface area contributed by atoms with Crippen molar-refractivity contribution in [1.82, 2.24) is 0 Å². The third-order valence-corrected chi connectivity index (χ3v) is 4.07. The van der Waals surface area contributed by atoms with Crippen LogP contribution in [0.25, 0.3) is 11.0 Å². The van der Waals surface area contributed by atoms with Crippen LogP contribution in [0.2, 0.25) is 0 Å². The topological polar surface area (TPSA) is 33.4 Å². The highest BCUT2D eigenvalue weighted by molar-refractivity contribution is 9.10. The maximum Gasteiger partial charge on any atom is 0.143 e. The molecule has 108 valence electrons. The Morgan fingerprint density at radius 3 is 2.71 bits per heavy atom. The molecule has 0 saturated heterocycles. The summed E-state index contributed by atoms with van der Waals surface area (Å²) in [5.41, 5.74) is 1.15. The molecule has 0 fully saturated rings. The summed E-state index contributed by atoms with van der Waals surface area (Å²) in [5, 5.41) is 11.0. The molecule has 5 heteroatoms. The van der Waals surface area contributed by atoms with E-state index in [1.54, 1.807) is 19.1 Å². The van der Waals surface area contributed by atoms with Gasteiger partial charge in [0.15, 0.2) is 0 Å². The Bertz CT molecular complexity index is 827. The van der Waals surface area contributed by atoms with Crippen LogP contribution in [-0.4, -0.2) is 5.11 Å². The molecule has 0 saturated carbocycles. The van der Waals surface area contributed by atoms with E-state index < -0.39 is 11.9 Å². The Morgan fingerprint density at radius 1 is 1.19 bits per heavy atom. The average Bonchev–Trinajstić information content (AvgIpc) is 2.78. The molecular weight excluding hydrogens is 342 g/mol. The molecule has 0 bridgehead atoms. The number of benzene rings is 2. The zero-order valence-electron chi connectivity index (χ0n) is 11.0. The summed E-state index contributed by atoms with van der Waals surface area (Å²) in [6.07, 6.45) is -1.25. The number of furan rings is 1. The van der Waals surface area contributed by atoms with Gasteiger partial charge in [-0.25, -0.2) is 8.78 Å². The monoisotopic (exact) mass is 352 g/mol. The zero-order chi connectivity index (χ0) is 15.1. The lowest BCUT2D eigenvalue weighted by Crippen LogP contribution is -2.03. The molecule has 3 aromatic rings. The molecule has 0 amide bonds. The van der Waals surface area contributed by atoms with Gasteiger partial charge in [-0.05, 0) is 47.1 Å². The predicted molar refractivity (Wildman–Crippen MR) is 79.1 cm³/mol. The van der Waals surface area contributed by atoms with Gasteiger partial charge < -0.3 is 9.52 Å². The van der Waals surface area contributed by atoms with Crippen molar-refractivity contribution >= 4 is 26.9 Å². The van der Waals surface area contributed by atoms with Crippen LogP contribution < -0.4 is 0 Å². The van der Waals surface area contributed by atoms with Gasteiger partial charge in [-0.1, -0.05) is 12.1 Å². The number of fused-ring (bicyclic) bond motifs is 1. The summed E-state index contributed by atoms with van der Waals surface area (Å²) in [5.74, 6) is -0.718. The summed E-state index contributed by atoms with van der Waals surface area (Å²) in [4.78, 5) is 0. The van der Waals surface area contributed by atoms with E-state index in [1.165, 1.54) is 24.3 Å². The fourth-order valence-electron chi connectivity index (χ4n) is 2.35. The van der Waals surface area contributed by atoms with Gasteiger partial charge in [0.2, 0.25) is 0 Å². The quantitative estimate of drug-likeness (QED) is 0.714. The van der Waals surface area contributed by atoms with Crippen LogP contribution in [0.4, 0.5) is 8.78 Å². The van der Waals surface area contributed by atoms with Crippen molar-refractivity contribution in [2.24, 2.45) is 0 Å². The molecule has 2 aromatic carbocycles. The Kier molecular flexibility index (Phi) is 3.55. The average molecular weight is 353 g/mol. The molecule has 0 radical (unpaired) electrons. The highest BCUT2D eigenvalue weighted by atomic mass is 79.9. The van der Waals surface area contributed by atoms with Crippen molar-refractivity contribution in [2.45, 2.75) is 13.0 Å². The van der Waals surface area contributed by atoms with Crippen LogP contribution in [0.15, 0.2) is 45.3 Å². The first-order chi connectivity index (χ1) is 9.99. The van der Waals surface area contributed by atoms with Crippen LogP contribution in [0.5, 0.6) is 0 Å². The van der Waals surface area contributed by atoms with E-state index in [1.807, 2.05) is 0 Å². The molecule has 1 heterocycles. The molecule has 21 heavy (non-hydrogen) atoms. The summed E-state index contributed by atoms with van der Waals surface area (Å²) in [7, 11) is 0. The summed E-state index contributed by atoms with van der Waals surface area (Å²) >= 11 is 3.08. The second-order valence-electron chi connectivity index (χ2n) is 4.78. The molecule has 1 N–H and O–H groups in total. The van der Waals surface area contributed by atoms with Gasteiger partial charge >= 0.3 is 0 Å². The van der Waals surface area contributed by atoms with E-state index in [0.29, 0.717) is 16.5 Å². The number of hydrogen-bond donors (Lipinski definition) is 1.